The normalized spacial score (nSPS) is 11.2. The highest BCUT2D eigenvalue weighted by Gasteiger charge is 2.09. The molecule has 2 nitrogen and oxygen atoms in total. The molecule has 0 amide bonds. The first-order valence-electron chi connectivity index (χ1n) is 5.56. The zero-order valence-corrected chi connectivity index (χ0v) is 10.3. The number of hydrogen-bond acceptors (Lipinski definition) is 2. The van der Waals surface area contributed by atoms with Crippen molar-refractivity contribution in [1.29, 1.82) is 0 Å². The van der Waals surface area contributed by atoms with Crippen molar-refractivity contribution in [2.75, 3.05) is 0 Å². The fraction of sp³-hybridized carbons (Fsp3) is 0.154. The first-order valence-corrected chi connectivity index (χ1v) is 6.44. The Morgan fingerprint density at radius 1 is 1.22 bits per heavy atom. The minimum absolute atomic E-state index is 0.486. The highest BCUT2D eigenvalue weighted by molar-refractivity contribution is 7.09. The third-order valence-corrected chi connectivity index (χ3v) is 3.78. The van der Waals surface area contributed by atoms with Crippen molar-refractivity contribution in [3.8, 4) is 0 Å². The van der Waals surface area contributed by atoms with Gasteiger partial charge in [0, 0.05) is 23.6 Å². The number of aromatic nitrogens is 2. The molecule has 18 heavy (non-hydrogen) atoms. The standard InChI is InChI=1S/C13H10F2N2S/c14-10-6-12-13(7-11(10)15)17(8-16-12)4-3-9-2-1-5-18-9/h1-2,5-8H,3-4H2. The van der Waals surface area contributed by atoms with Crippen LogP contribution >= 0.6 is 11.3 Å². The van der Waals surface area contributed by atoms with E-state index >= 15 is 0 Å². The van der Waals surface area contributed by atoms with Crippen molar-refractivity contribution >= 4 is 22.4 Å². The summed E-state index contributed by atoms with van der Waals surface area (Å²) >= 11 is 1.69. The molecule has 0 N–H and O–H groups in total. The average Bonchev–Trinajstić information content (AvgIpc) is 2.97. The molecule has 3 rings (SSSR count). The summed E-state index contributed by atoms with van der Waals surface area (Å²) in [4.78, 5) is 5.34. The number of halogens is 2. The maximum Gasteiger partial charge on any atom is 0.161 e. The van der Waals surface area contributed by atoms with Gasteiger partial charge in [-0.15, -0.1) is 11.3 Å². The van der Waals surface area contributed by atoms with Gasteiger partial charge in [0.15, 0.2) is 11.6 Å². The van der Waals surface area contributed by atoms with Gasteiger partial charge in [0.2, 0.25) is 0 Å². The quantitative estimate of drug-likeness (QED) is 0.706. The number of hydrogen-bond donors (Lipinski definition) is 0. The summed E-state index contributed by atoms with van der Waals surface area (Å²) in [5.41, 5.74) is 1.12. The number of nitrogens with zero attached hydrogens (tertiary/aromatic N) is 2. The van der Waals surface area contributed by atoms with E-state index in [4.69, 9.17) is 0 Å². The molecule has 2 aromatic heterocycles. The Morgan fingerprint density at radius 3 is 2.83 bits per heavy atom. The van der Waals surface area contributed by atoms with E-state index in [-0.39, 0.29) is 0 Å². The van der Waals surface area contributed by atoms with Gasteiger partial charge in [0.25, 0.3) is 0 Å². The van der Waals surface area contributed by atoms with Crippen LogP contribution < -0.4 is 0 Å². The van der Waals surface area contributed by atoms with Gasteiger partial charge in [-0.3, -0.25) is 0 Å². The summed E-state index contributed by atoms with van der Waals surface area (Å²) in [7, 11) is 0. The summed E-state index contributed by atoms with van der Waals surface area (Å²) in [5.74, 6) is -1.69. The Kier molecular flexibility index (Phi) is 2.83. The zero-order chi connectivity index (χ0) is 12.5. The lowest BCUT2D eigenvalue weighted by Gasteiger charge is -2.03. The molecule has 0 unspecified atom stereocenters. The minimum atomic E-state index is -0.856. The number of aryl methyl sites for hydroxylation is 2. The molecular formula is C13H10F2N2S. The molecule has 0 saturated carbocycles. The molecule has 3 aromatic rings. The molecule has 0 aliphatic heterocycles. The lowest BCUT2D eigenvalue weighted by atomic mass is 10.3. The third-order valence-electron chi connectivity index (χ3n) is 2.84. The summed E-state index contributed by atoms with van der Waals surface area (Å²) in [5, 5.41) is 2.02. The molecule has 1 aromatic carbocycles. The van der Waals surface area contributed by atoms with Crippen LogP contribution in [0.15, 0.2) is 36.0 Å². The summed E-state index contributed by atoms with van der Waals surface area (Å²) in [6.45, 7) is 0.710. The molecule has 0 aliphatic rings. The van der Waals surface area contributed by atoms with Crippen LogP contribution in [0.3, 0.4) is 0 Å². The summed E-state index contributed by atoms with van der Waals surface area (Å²) < 4.78 is 28.1. The van der Waals surface area contributed by atoms with Crippen LogP contribution in [-0.2, 0) is 13.0 Å². The maximum atomic E-state index is 13.2. The van der Waals surface area contributed by atoms with Gasteiger partial charge in [-0.1, -0.05) is 6.07 Å². The number of imidazole rings is 1. The Bertz CT molecular complexity index is 674. The van der Waals surface area contributed by atoms with Gasteiger partial charge in [-0.25, -0.2) is 13.8 Å². The Labute approximate surface area is 107 Å². The molecule has 0 radical (unpaired) electrons. The fourth-order valence-electron chi connectivity index (χ4n) is 1.92. The number of thiophene rings is 1. The molecular weight excluding hydrogens is 254 g/mol. The largest absolute Gasteiger partial charge is 0.330 e. The van der Waals surface area contributed by atoms with E-state index in [9.17, 15) is 8.78 Å². The Balaban J connectivity index is 1.90. The first-order chi connectivity index (χ1) is 8.74. The smallest absolute Gasteiger partial charge is 0.161 e. The van der Waals surface area contributed by atoms with Gasteiger partial charge in [-0.2, -0.15) is 0 Å². The van der Waals surface area contributed by atoms with Crippen LogP contribution in [0.2, 0.25) is 0 Å². The van der Waals surface area contributed by atoms with Crippen LogP contribution in [0, 0.1) is 11.6 Å². The lowest BCUT2D eigenvalue weighted by molar-refractivity contribution is 0.510. The molecule has 0 spiro atoms. The van der Waals surface area contributed by atoms with Gasteiger partial charge in [0.05, 0.1) is 17.4 Å². The van der Waals surface area contributed by atoms with E-state index in [0.717, 1.165) is 12.5 Å². The molecule has 92 valence electrons. The lowest BCUT2D eigenvalue weighted by Crippen LogP contribution is -1.99. The van der Waals surface area contributed by atoms with E-state index < -0.39 is 11.6 Å². The fourth-order valence-corrected chi connectivity index (χ4v) is 2.62. The average molecular weight is 264 g/mol. The van der Waals surface area contributed by atoms with Crippen LogP contribution in [-0.4, -0.2) is 9.55 Å². The van der Waals surface area contributed by atoms with Crippen molar-refractivity contribution in [3.63, 3.8) is 0 Å². The molecule has 2 heterocycles. The number of fused-ring (bicyclic) bond motifs is 1. The van der Waals surface area contributed by atoms with Crippen LogP contribution in [0.5, 0.6) is 0 Å². The molecule has 0 saturated heterocycles. The number of benzene rings is 1. The second-order valence-electron chi connectivity index (χ2n) is 4.02. The van der Waals surface area contributed by atoms with Gasteiger partial charge in [-0.05, 0) is 17.9 Å². The molecule has 5 heteroatoms. The van der Waals surface area contributed by atoms with Crippen molar-refractivity contribution in [2.24, 2.45) is 0 Å². The van der Waals surface area contributed by atoms with Crippen molar-refractivity contribution in [3.05, 3.63) is 52.5 Å². The predicted molar refractivity (Wildman–Crippen MR) is 67.7 cm³/mol. The highest BCUT2D eigenvalue weighted by Crippen LogP contribution is 2.18. The second kappa shape index (κ2) is 4.49. The van der Waals surface area contributed by atoms with Gasteiger partial charge in [0.1, 0.15) is 0 Å². The highest BCUT2D eigenvalue weighted by atomic mass is 32.1. The summed E-state index contributed by atoms with van der Waals surface area (Å²) in [6, 6.07) is 6.39. The topological polar surface area (TPSA) is 17.8 Å². The van der Waals surface area contributed by atoms with Crippen LogP contribution in [0.4, 0.5) is 8.78 Å². The SMILES string of the molecule is Fc1cc2ncn(CCc3cccs3)c2cc1F. The van der Waals surface area contributed by atoms with Crippen molar-refractivity contribution < 1.29 is 8.78 Å². The third kappa shape index (κ3) is 2.01. The Hall–Kier alpha value is -1.75. The molecule has 0 aliphatic carbocycles. The van der Waals surface area contributed by atoms with E-state index in [1.807, 2.05) is 16.0 Å². The predicted octanol–water partition coefficient (Wildman–Crippen LogP) is 3.62. The van der Waals surface area contributed by atoms with E-state index in [2.05, 4.69) is 11.1 Å². The van der Waals surface area contributed by atoms with E-state index in [1.165, 1.54) is 10.9 Å². The minimum Gasteiger partial charge on any atom is -0.330 e. The van der Waals surface area contributed by atoms with Crippen LogP contribution in [0.25, 0.3) is 11.0 Å². The zero-order valence-electron chi connectivity index (χ0n) is 9.44. The van der Waals surface area contributed by atoms with Gasteiger partial charge >= 0.3 is 0 Å². The second-order valence-corrected chi connectivity index (χ2v) is 5.05. The van der Waals surface area contributed by atoms with Crippen molar-refractivity contribution in [2.45, 2.75) is 13.0 Å². The number of rotatable bonds is 3. The van der Waals surface area contributed by atoms with Gasteiger partial charge < -0.3 is 4.57 Å². The monoisotopic (exact) mass is 264 g/mol. The maximum absolute atomic E-state index is 13.2. The first kappa shape index (κ1) is 11.3. The van der Waals surface area contributed by atoms with Crippen LogP contribution in [0.1, 0.15) is 4.88 Å². The molecule has 0 atom stereocenters. The van der Waals surface area contributed by atoms with E-state index in [1.54, 1.807) is 17.7 Å². The van der Waals surface area contributed by atoms with Crippen molar-refractivity contribution in [1.82, 2.24) is 9.55 Å². The van der Waals surface area contributed by atoms with E-state index in [0.29, 0.717) is 17.6 Å². The molecule has 0 fully saturated rings. The Morgan fingerprint density at radius 2 is 2.06 bits per heavy atom. The molecule has 0 bridgehead atoms. The summed E-state index contributed by atoms with van der Waals surface area (Å²) in [6.07, 6.45) is 2.49.